The first-order chi connectivity index (χ1) is 16.7. The number of carbonyl (C=O) groups is 1. The molecule has 0 aliphatic rings. The van der Waals surface area contributed by atoms with E-state index >= 15 is 0 Å². The molecule has 0 saturated carbocycles. The predicted molar refractivity (Wildman–Crippen MR) is 139 cm³/mol. The van der Waals surface area contributed by atoms with Gasteiger partial charge in [-0.25, -0.2) is 4.79 Å². The standard InChI is InChI=1S/C30H37NO3/c1-3-5-7-8-9-11-24-12-14-26(15-13-24)30(32)34-28-20-21-29(31-23-28)25-16-18-27(19-17-25)33-22-10-6-4-2/h12-21,23H,3-11,22H2,1-2H3. The molecule has 0 aliphatic carbocycles. The number of pyridine rings is 1. The minimum absolute atomic E-state index is 0.367. The first kappa shape index (κ1) is 25.5. The van der Waals surface area contributed by atoms with Crippen molar-refractivity contribution in [2.24, 2.45) is 0 Å². The maximum absolute atomic E-state index is 12.5. The van der Waals surface area contributed by atoms with Crippen molar-refractivity contribution in [1.29, 1.82) is 0 Å². The number of aromatic nitrogens is 1. The highest BCUT2D eigenvalue weighted by Crippen LogP contribution is 2.23. The zero-order valence-electron chi connectivity index (χ0n) is 20.6. The first-order valence-corrected chi connectivity index (χ1v) is 12.7. The quantitative estimate of drug-likeness (QED) is 0.181. The third-order valence-electron chi connectivity index (χ3n) is 5.87. The van der Waals surface area contributed by atoms with Crippen LogP contribution in [0.5, 0.6) is 11.5 Å². The molecule has 4 nitrogen and oxygen atoms in total. The van der Waals surface area contributed by atoms with E-state index in [4.69, 9.17) is 9.47 Å². The van der Waals surface area contributed by atoms with Crippen molar-refractivity contribution in [3.8, 4) is 22.8 Å². The summed E-state index contributed by atoms with van der Waals surface area (Å²) < 4.78 is 11.3. The molecular formula is C30H37NO3. The van der Waals surface area contributed by atoms with Gasteiger partial charge in [0, 0.05) is 5.56 Å². The van der Waals surface area contributed by atoms with E-state index in [1.807, 2.05) is 54.6 Å². The van der Waals surface area contributed by atoms with Crippen LogP contribution in [0.25, 0.3) is 11.3 Å². The Hall–Kier alpha value is -3.14. The van der Waals surface area contributed by atoms with Gasteiger partial charge in [0.15, 0.2) is 0 Å². The average molecular weight is 460 g/mol. The number of unbranched alkanes of at least 4 members (excludes halogenated alkanes) is 6. The van der Waals surface area contributed by atoms with E-state index < -0.39 is 0 Å². The third kappa shape index (κ3) is 8.33. The zero-order valence-corrected chi connectivity index (χ0v) is 20.6. The number of aryl methyl sites for hydroxylation is 1. The summed E-state index contributed by atoms with van der Waals surface area (Å²) >= 11 is 0. The number of ether oxygens (including phenoxy) is 2. The smallest absolute Gasteiger partial charge is 0.343 e. The Balaban J connectivity index is 1.48. The van der Waals surface area contributed by atoms with Crippen LogP contribution in [0.4, 0.5) is 0 Å². The van der Waals surface area contributed by atoms with Crippen LogP contribution in [0.1, 0.15) is 81.1 Å². The molecule has 0 saturated heterocycles. The number of rotatable bonds is 14. The molecule has 0 aliphatic heterocycles. The Morgan fingerprint density at radius 3 is 2.09 bits per heavy atom. The predicted octanol–water partition coefficient (Wildman–Crippen LogP) is 8.05. The molecule has 0 fully saturated rings. The van der Waals surface area contributed by atoms with Crippen molar-refractivity contribution >= 4 is 5.97 Å². The van der Waals surface area contributed by atoms with Crippen molar-refractivity contribution in [3.05, 3.63) is 78.0 Å². The number of hydrogen-bond acceptors (Lipinski definition) is 4. The van der Waals surface area contributed by atoms with E-state index in [1.54, 1.807) is 12.3 Å². The second-order valence-electron chi connectivity index (χ2n) is 8.71. The maximum Gasteiger partial charge on any atom is 0.343 e. The lowest BCUT2D eigenvalue weighted by Crippen LogP contribution is -2.08. The number of hydrogen-bond donors (Lipinski definition) is 0. The molecule has 34 heavy (non-hydrogen) atoms. The van der Waals surface area contributed by atoms with E-state index in [9.17, 15) is 4.79 Å². The summed E-state index contributed by atoms with van der Waals surface area (Å²) in [4.78, 5) is 17.0. The van der Waals surface area contributed by atoms with Gasteiger partial charge in [0.05, 0.1) is 24.1 Å². The molecule has 3 rings (SSSR count). The van der Waals surface area contributed by atoms with Gasteiger partial charge in [-0.05, 0) is 73.4 Å². The van der Waals surface area contributed by atoms with Crippen LogP contribution in [0.3, 0.4) is 0 Å². The van der Waals surface area contributed by atoms with Crippen LogP contribution >= 0.6 is 0 Å². The summed E-state index contributed by atoms with van der Waals surface area (Å²) in [6.45, 7) is 5.15. The van der Waals surface area contributed by atoms with E-state index in [0.717, 1.165) is 36.5 Å². The first-order valence-electron chi connectivity index (χ1n) is 12.7. The monoisotopic (exact) mass is 459 g/mol. The molecule has 0 N–H and O–H groups in total. The fourth-order valence-electron chi connectivity index (χ4n) is 3.78. The van der Waals surface area contributed by atoms with E-state index in [1.165, 1.54) is 50.5 Å². The molecule has 0 amide bonds. The van der Waals surface area contributed by atoms with Crippen LogP contribution < -0.4 is 9.47 Å². The molecule has 0 unspecified atom stereocenters. The summed E-state index contributed by atoms with van der Waals surface area (Å²) in [5.74, 6) is 0.936. The highest BCUT2D eigenvalue weighted by Gasteiger charge is 2.10. The van der Waals surface area contributed by atoms with Gasteiger partial charge in [-0.3, -0.25) is 4.98 Å². The SMILES string of the molecule is CCCCCCCc1ccc(C(=O)Oc2ccc(-c3ccc(OCCCCC)cc3)nc2)cc1. The largest absolute Gasteiger partial charge is 0.494 e. The molecule has 1 aromatic heterocycles. The van der Waals surface area contributed by atoms with Crippen LogP contribution in [-0.4, -0.2) is 17.6 Å². The minimum atomic E-state index is -0.367. The fraction of sp³-hybridized carbons (Fsp3) is 0.400. The van der Waals surface area contributed by atoms with Crippen LogP contribution in [0.2, 0.25) is 0 Å². The Kier molecular flexibility index (Phi) is 10.6. The van der Waals surface area contributed by atoms with Gasteiger partial charge in [-0.1, -0.05) is 64.5 Å². The molecule has 0 radical (unpaired) electrons. The third-order valence-corrected chi connectivity index (χ3v) is 5.87. The van der Waals surface area contributed by atoms with Crippen molar-refractivity contribution in [1.82, 2.24) is 4.98 Å². The Morgan fingerprint density at radius 1 is 0.735 bits per heavy atom. The molecule has 180 valence electrons. The summed E-state index contributed by atoms with van der Waals surface area (Å²) in [7, 11) is 0. The molecule has 0 atom stereocenters. The molecular weight excluding hydrogens is 422 g/mol. The fourth-order valence-corrected chi connectivity index (χ4v) is 3.78. The van der Waals surface area contributed by atoms with E-state index in [0.29, 0.717) is 11.3 Å². The molecule has 3 aromatic rings. The molecule has 1 heterocycles. The molecule has 4 heteroatoms. The average Bonchev–Trinajstić information content (AvgIpc) is 2.88. The number of esters is 1. The second kappa shape index (κ2) is 14.2. The van der Waals surface area contributed by atoms with Crippen molar-refractivity contribution < 1.29 is 14.3 Å². The minimum Gasteiger partial charge on any atom is -0.494 e. The van der Waals surface area contributed by atoms with Crippen molar-refractivity contribution in [2.45, 2.75) is 71.6 Å². The van der Waals surface area contributed by atoms with Crippen molar-refractivity contribution in [3.63, 3.8) is 0 Å². The number of benzene rings is 2. The summed E-state index contributed by atoms with van der Waals surface area (Å²) in [6.07, 6.45) is 12.4. The second-order valence-corrected chi connectivity index (χ2v) is 8.71. The van der Waals surface area contributed by atoms with Gasteiger partial charge in [0.25, 0.3) is 0 Å². The topological polar surface area (TPSA) is 48.4 Å². The summed E-state index contributed by atoms with van der Waals surface area (Å²) in [5.41, 5.74) is 3.62. The highest BCUT2D eigenvalue weighted by atomic mass is 16.5. The van der Waals surface area contributed by atoms with Gasteiger partial charge >= 0.3 is 5.97 Å². The maximum atomic E-state index is 12.5. The van der Waals surface area contributed by atoms with Gasteiger partial charge in [-0.15, -0.1) is 0 Å². The van der Waals surface area contributed by atoms with Crippen molar-refractivity contribution in [2.75, 3.05) is 6.61 Å². The highest BCUT2D eigenvalue weighted by molar-refractivity contribution is 5.91. The lowest BCUT2D eigenvalue weighted by molar-refractivity contribution is 0.0734. The zero-order chi connectivity index (χ0) is 24.0. The van der Waals surface area contributed by atoms with Gasteiger partial charge in [0.2, 0.25) is 0 Å². The molecule has 0 bridgehead atoms. The van der Waals surface area contributed by atoms with Gasteiger partial charge in [0.1, 0.15) is 11.5 Å². The molecule has 0 spiro atoms. The normalized spacial score (nSPS) is 10.8. The number of carbonyl (C=O) groups excluding carboxylic acids is 1. The summed E-state index contributed by atoms with van der Waals surface area (Å²) in [6, 6.07) is 19.3. The van der Waals surface area contributed by atoms with Crippen LogP contribution in [-0.2, 0) is 6.42 Å². The number of nitrogens with zero attached hydrogens (tertiary/aromatic N) is 1. The molecule has 2 aromatic carbocycles. The van der Waals surface area contributed by atoms with Gasteiger partial charge in [-0.2, -0.15) is 0 Å². The van der Waals surface area contributed by atoms with E-state index in [-0.39, 0.29) is 5.97 Å². The lowest BCUT2D eigenvalue weighted by Gasteiger charge is -2.08. The van der Waals surface area contributed by atoms with Crippen LogP contribution in [0.15, 0.2) is 66.9 Å². The summed E-state index contributed by atoms with van der Waals surface area (Å²) in [5, 5.41) is 0. The Bertz CT molecular complexity index is 979. The van der Waals surface area contributed by atoms with Gasteiger partial charge < -0.3 is 9.47 Å². The van der Waals surface area contributed by atoms with Crippen LogP contribution in [0, 0.1) is 0 Å². The Labute approximate surface area is 204 Å². The lowest BCUT2D eigenvalue weighted by atomic mass is 10.0. The Morgan fingerprint density at radius 2 is 1.41 bits per heavy atom. The van der Waals surface area contributed by atoms with E-state index in [2.05, 4.69) is 18.8 Å².